The quantitative estimate of drug-likeness (QED) is 0.652. The Labute approximate surface area is 165 Å². The molecule has 2 N–H and O–H groups in total. The van der Waals surface area contributed by atoms with Crippen molar-refractivity contribution in [1.82, 2.24) is 0 Å². The number of hydrogen-bond donors (Lipinski definition) is 2. The van der Waals surface area contributed by atoms with Gasteiger partial charge in [-0.25, -0.2) is 0 Å². The summed E-state index contributed by atoms with van der Waals surface area (Å²) in [5.41, 5.74) is 5.02. The number of carbonyl (C=O) groups excluding carboxylic acids is 1. The molecule has 4 nitrogen and oxygen atoms in total. The fourth-order valence-electron chi connectivity index (χ4n) is 3.37. The Balaban J connectivity index is 2.13. The summed E-state index contributed by atoms with van der Waals surface area (Å²) in [6, 6.07) is 18.7. The van der Waals surface area contributed by atoms with Gasteiger partial charge < -0.3 is 15.2 Å². The number of nitrogens with one attached hydrogen (secondary N) is 1. The van der Waals surface area contributed by atoms with Gasteiger partial charge in [0.25, 0.3) is 0 Å². The molecule has 144 valence electrons. The molecule has 0 saturated carbocycles. The summed E-state index contributed by atoms with van der Waals surface area (Å²) in [5, 5.41) is 13.5. The van der Waals surface area contributed by atoms with Crippen LogP contribution in [0.3, 0.4) is 0 Å². The SMILES string of the molecule is COc1ccc(C)cc1C(C(=O)Nc1cccc(C)c1)c1cc(C)ccc1O. The van der Waals surface area contributed by atoms with Crippen LogP contribution < -0.4 is 10.1 Å². The van der Waals surface area contributed by atoms with Crippen LogP contribution in [-0.4, -0.2) is 18.1 Å². The number of benzene rings is 3. The first-order chi connectivity index (χ1) is 13.4. The van der Waals surface area contributed by atoms with Crippen LogP contribution in [0.1, 0.15) is 33.7 Å². The Morgan fingerprint density at radius 2 is 1.54 bits per heavy atom. The number of phenolic OH excluding ortho intramolecular Hbond substituents is 1. The summed E-state index contributed by atoms with van der Waals surface area (Å²) in [4.78, 5) is 13.4. The topological polar surface area (TPSA) is 58.6 Å². The van der Waals surface area contributed by atoms with E-state index in [1.807, 2.05) is 75.4 Å². The molecule has 0 aliphatic heterocycles. The molecule has 0 spiro atoms. The third-order valence-corrected chi connectivity index (χ3v) is 4.74. The lowest BCUT2D eigenvalue weighted by molar-refractivity contribution is -0.116. The highest BCUT2D eigenvalue weighted by molar-refractivity contribution is 5.99. The van der Waals surface area contributed by atoms with Gasteiger partial charge in [-0.15, -0.1) is 0 Å². The van der Waals surface area contributed by atoms with Crippen LogP contribution in [0, 0.1) is 20.8 Å². The molecule has 0 radical (unpaired) electrons. The highest BCUT2D eigenvalue weighted by atomic mass is 16.5. The van der Waals surface area contributed by atoms with Gasteiger partial charge in [-0.3, -0.25) is 4.79 Å². The average molecular weight is 375 g/mol. The normalized spacial score (nSPS) is 11.7. The van der Waals surface area contributed by atoms with Crippen molar-refractivity contribution >= 4 is 11.6 Å². The number of carbonyl (C=O) groups is 1. The second kappa shape index (κ2) is 8.17. The number of anilines is 1. The summed E-state index contributed by atoms with van der Waals surface area (Å²) in [5.74, 6) is -0.250. The number of methoxy groups -OCH3 is 1. The first-order valence-corrected chi connectivity index (χ1v) is 9.20. The van der Waals surface area contributed by atoms with E-state index in [4.69, 9.17) is 4.74 Å². The Morgan fingerprint density at radius 1 is 0.893 bits per heavy atom. The fraction of sp³-hybridized carbons (Fsp3) is 0.208. The molecule has 1 atom stereocenters. The number of amides is 1. The standard InChI is InChI=1S/C24H25NO3/c1-15-6-5-7-18(12-15)25-24(27)23(19-13-16(2)8-10-21(19)26)20-14-17(3)9-11-22(20)28-4/h5-14,23,26H,1-4H3,(H,25,27). The molecular formula is C24H25NO3. The molecule has 1 unspecified atom stereocenters. The lowest BCUT2D eigenvalue weighted by Gasteiger charge is -2.22. The zero-order valence-corrected chi connectivity index (χ0v) is 16.6. The van der Waals surface area contributed by atoms with E-state index in [9.17, 15) is 9.90 Å². The van der Waals surface area contributed by atoms with Crippen molar-refractivity contribution in [1.29, 1.82) is 0 Å². The number of rotatable bonds is 5. The predicted octanol–water partition coefficient (Wildman–Crippen LogP) is 5.10. The van der Waals surface area contributed by atoms with Crippen molar-refractivity contribution in [2.75, 3.05) is 12.4 Å². The monoisotopic (exact) mass is 375 g/mol. The van der Waals surface area contributed by atoms with Gasteiger partial charge in [-0.05, 0) is 50.6 Å². The Morgan fingerprint density at radius 3 is 2.21 bits per heavy atom. The molecule has 4 heteroatoms. The maximum atomic E-state index is 13.4. The van der Waals surface area contributed by atoms with E-state index in [2.05, 4.69) is 5.32 Å². The molecule has 3 aromatic rings. The van der Waals surface area contributed by atoms with Gasteiger partial charge in [0.05, 0.1) is 13.0 Å². The molecule has 0 aromatic heterocycles. The molecule has 0 aliphatic carbocycles. The van der Waals surface area contributed by atoms with E-state index in [1.165, 1.54) is 0 Å². The summed E-state index contributed by atoms with van der Waals surface area (Å²) in [6.07, 6.45) is 0. The number of phenols is 1. The van der Waals surface area contributed by atoms with Gasteiger partial charge in [0.15, 0.2) is 0 Å². The minimum atomic E-state index is -0.713. The maximum Gasteiger partial charge on any atom is 0.236 e. The Hall–Kier alpha value is -3.27. The molecule has 28 heavy (non-hydrogen) atoms. The zero-order chi connectivity index (χ0) is 20.3. The minimum Gasteiger partial charge on any atom is -0.508 e. The van der Waals surface area contributed by atoms with Gasteiger partial charge in [0, 0.05) is 16.8 Å². The lowest BCUT2D eigenvalue weighted by Crippen LogP contribution is -2.23. The summed E-state index contributed by atoms with van der Waals surface area (Å²) in [7, 11) is 1.58. The first-order valence-electron chi connectivity index (χ1n) is 9.20. The summed E-state index contributed by atoms with van der Waals surface area (Å²) < 4.78 is 5.53. The third-order valence-electron chi connectivity index (χ3n) is 4.74. The number of aromatic hydroxyl groups is 1. The zero-order valence-electron chi connectivity index (χ0n) is 16.6. The van der Waals surface area contributed by atoms with E-state index in [1.54, 1.807) is 13.2 Å². The van der Waals surface area contributed by atoms with Crippen molar-refractivity contribution in [2.45, 2.75) is 26.7 Å². The second-order valence-corrected chi connectivity index (χ2v) is 7.10. The second-order valence-electron chi connectivity index (χ2n) is 7.10. The maximum absolute atomic E-state index is 13.4. The van der Waals surface area contributed by atoms with E-state index in [-0.39, 0.29) is 11.7 Å². The molecule has 0 aliphatic rings. The van der Waals surface area contributed by atoms with Crippen LogP contribution in [0.25, 0.3) is 0 Å². The van der Waals surface area contributed by atoms with E-state index in [0.29, 0.717) is 22.6 Å². The molecule has 0 fully saturated rings. The Kier molecular flexibility index (Phi) is 5.69. The minimum absolute atomic E-state index is 0.0820. The van der Waals surface area contributed by atoms with Crippen LogP contribution in [0.4, 0.5) is 5.69 Å². The third kappa shape index (κ3) is 4.17. The van der Waals surface area contributed by atoms with E-state index in [0.717, 1.165) is 16.7 Å². The number of ether oxygens (including phenoxy) is 1. The highest BCUT2D eigenvalue weighted by Crippen LogP contribution is 2.38. The fourth-order valence-corrected chi connectivity index (χ4v) is 3.37. The first kappa shape index (κ1) is 19.5. The molecule has 1 amide bonds. The molecule has 0 bridgehead atoms. The van der Waals surface area contributed by atoms with Crippen molar-refractivity contribution in [3.8, 4) is 11.5 Å². The highest BCUT2D eigenvalue weighted by Gasteiger charge is 2.28. The van der Waals surface area contributed by atoms with Crippen molar-refractivity contribution < 1.29 is 14.6 Å². The van der Waals surface area contributed by atoms with Crippen LogP contribution in [0.5, 0.6) is 11.5 Å². The summed E-state index contributed by atoms with van der Waals surface area (Å²) in [6.45, 7) is 5.88. The van der Waals surface area contributed by atoms with Crippen LogP contribution in [0.15, 0.2) is 60.7 Å². The molecule has 3 aromatic carbocycles. The van der Waals surface area contributed by atoms with Gasteiger partial charge in [-0.1, -0.05) is 47.5 Å². The van der Waals surface area contributed by atoms with Crippen LogP contribution in [0.2, 0.25) is 0 Å². The number of aryl methyl sites for hydroxylation is 3. The van der Waals surface area contributed by atoms with Gasteiger partial charge in [-0.2, -0.15) is 0 Å². The molecular weight excluding hydrogens is 350 g/mol. The molecule has 0 saturated heterocycles. The largest absolute Gasteiger partial charge is 0.508 e. The van der Waals surface area contributed by atoms with Crippen molar-refractivity contribution in [2.24, 2.45) is 0 Å². The van der Waals surface area contributed by atoms with Crippen LogP contribution in [-0.2, 0) is 4.79 Å². The lowest BCUT2D eigenvalue weighted by atomic mass is 9.87. The molecule has 0 heterocycles. The summed E-state index contributed by atoms with van der Waals surface area (Å²) >= 11 is 0. The average Bonchev–Trinajstić information content (AvgIpc) is 2.65. The van der Waals surface area contributed by atoms with Crippen LogP contribution >= 0.6 is 0 Å². The Bertz CT molecular complexity index is 1010. The predicted molar refractivity (Wildman–Crippen MR) is 112 cm³/mol. The van der Waals surface area contributed by atoms with E-state index >= 15 is 0 Å². The number of hydrogen-bond acceptors (Lipinski definition) is 3. The van der Waals surface area contributed by atoms with Crippen molar-refractivity contribution in [3.63, 3.8) is 0 Å². The molecule has 3 rings (SSSR count). The van der Waals surface area contributed by atoms with E-state index < -0.39 is 5.92 Å². The smallest absolute Gasteiger partial charge is 0.236 e. The van der Waals surface area contributed by atoms with Gasteiger partial charge >= 0.3 is 0 Å². The van der Waals surface area contributed by atoms with Crippen molar-refractivity contribution in [3.05, 3.63) is 88.5 Å². The van der Waals surface area contributed by atoms with Gasteiger partial charge in [0.2, 0.25) is 5.91 Å². The van der Waals surface area contributed by atoms with Gasteiger partial charge in [0.1, 0.15) is 11.5 Å².